The second-order valence-electron chi connectivity index (χ2n) is 33.6. The summed E-state index contributed by atoms with van der Waals surface area (Å²) in [6.07, 6.45) is 0. The summed E-state index contributed by atoms with van der Waals surface area (Å²) in [4.78, 5) is 25.7. The molecule has 0 unspecified atom stereocenters. The molecule has 3 aliphatic heterocycles. The molecule has 29 rings (SSSR count). The van der Waals surface area contributed by atoms with Gasteiger partial charge in [0.25, 0.3) is 0 Å². The zero-order valence-electron chi connectivity index (χ0n) is 70.2. The van der Waals surface area contributed by atoms with Gasteiger partial charge in [-0.3, -0.25) is 9.13 Å². The predicted octanol–water partition coefficient (Wildman–Crippen LogP) is 31.0. The molecule has 0 N–H and O–H groups in total. The highest BCUT2D eigenvalue weighted by atomic mass is 16.5. The third-order valence-electron chi connectivity index (χ3n) is 26.3. The summed E-state index contributed by atoms with van der Waals surface area (Å²) in [5.74, 6) is 7.67. The predicted molar refractivity (Wildman–Crippen MR) is 534 cm³/mol. The standard InChI is InChI=1S/C54H32N4O.C37H22N4O.C28H17NO/c1-3-13-34(14-4-1)51-42-20-7-9-22-45(42)55-54(56-51)58-48-30-26-36(35-25-29-47-43(31-35)38-19-8-10-23-46(38)57(47)37-17-5-2-6-18-37)32-44(48)40-27-28-41-39-21-11-15-33-16-12-24-49(50(33)39)59-53(41)52(40)58;1-3-11-24(12-4-1)35-38-36(25-13-5-2-6-14-25)40-37(39-35)41-29-19-8-7-17-28(29)33-30(41)22-21-27-26-18-9-15-23-16-10-20-31(32(23)26)42-34(27)33;1-2-10-19(11-3-1)29-23-14-5-4-12-22(23)27-24(29)17-16-21-20-13-6-8-18-9-7-15-25(26(18)20)30-28(21)27/h1-32H;1-22H;1-17H. The van der Waals surface area contributed by atoms with Crippen molar-refractivity contribution in [2.24, 2.45) is 0 Å². The molecule has 610 valence electrons. The zero-order valence-corrected chi connectivity index (χ0v) is 70.2. The first-order valence-corrected chi connectivity index (χ1v) is 44.2. The van der Waals surface area contributed by atoms with Gasteiger partial charge >= 0.3 is 0 Å². The highest BCUT2D eigenvalue weighted by Crippen LogP contribution is 2.56. The molecule has 0 saturated heterocycles. The quantitative estimate of drug-likeness (QED) is 0.148. The van der Waals surface area contributed by atoms with Gasteiger partial charge in [0.2, 0.25) is 11.9 Å². The van der Waals surface area contributed by atoms with Gasteiger partial charge in [-0.15, -0.1) is 0 Å². The van der Waals surface area contributed by atoms with E-state index < -0.39 is 0 Å². The number of para-hydroxylation sites is 6. The monoisotopic (exact) mass is 1670 g/mol. The first-order valence-electron chi connectivity index (χ1n) is 44.2. The third kappa shape index (κ3) is 11.6. The lowest BCUT2D eigenvalue weighted by atomic mass is 9.93. The highest BCUT2D eigenvalue weighted by Gasteiger charge is 2.32. The van der Waals surface area contributed by atoms with E-state index in [1.807, 2.05) is 72.8 Å². The fraction of sp³-hybridized carbons (Fsp3) is 0. The second kappa shape index (κ2) is 29.4. The summed E-state index contributed by atoms with van der Waals surface area (Å²) in [6.45, 7) is 0. The van der Waals surface area contributed by atoms with Gasteiger partial charge in [-0.2, -0.15) is 9.97 Å². The van der Waals surface area contributed by atoms with Crippen molar-refractivity contribution in [3.8, 4) is 136 Å². The summed E-state index contributed by atoms with van der Waals surface area (Å²) in [6, 6.07) is 151. The average Bonchev–Trinajstić information content (AvgIpc) is 1.61. The van der Waals surface area contributed by atoms with Gasteiger partial charge in [0.1, 0.15) is 34.3 Å². The highest BCUT2D eigenvalue weighted by molar-refractivity contribution is 6.21. The normalized spacial score (nSPS) is 12.2. The van der Waals surface area contributed by atoms with Crippen molar-refractivity contribution >= 4 is 130 Å². The van der Waals surface area contributed by atoms with E-state index in [9.17, 15) is 0 Å². The van der Waals surface area contributed by atoms with Crippen LogP contribution in [0.5, 0.6) is 34.5 Å². The summed E-state index contributed by atoms with van der Waals surface area (Å²) in [5.41, 5.74) is 24.8. The third-order valence-corrected chi connectivity index (χ3v) is 26.3. The average molecular weight is 1670 g/mol. The number of benzene rings is 20. The van der Waals surface area contributed by atoms with Gasteiger partial charge < -0.3 is 23.3 Å². The van der Waals surface area contributed by atoms with E-state index in [2.05, 4.69) is 376 Å². The zero-order chi connectivity index (χ0) is 85.9. The molecular formula is C119H71N9O3. The fourth-order valence-electron chi connectivity index (χ4n) is 20.6. The Morgan fingerprint density at radius 3 is 1.08 bits per heavy atom. The number of hydrogen-bond donors (Lipinski definition) is 0. The molecule has 26 aromatic rings. The van der Waals surface area contributed by atoms with E-state index in [4.69, 9.17) is 39.1 Å². The van der Waals surface area contributed by atoms with E-state index in [0.29, 0.717) is 23.5 Å². The van der Waals surface area contributed by atoms with Gasteiger partial charge in [-0.25, -0.2) is 15.0 Å². The molecule has 0 bridgehead atoms. The van der Waals surface area contributed by atoms with Gasteiger partial charge in [-0.1, -0.05) is 309 Å². The topological polar surface area (TPSA) is 112 Å². The number of aromatic nitrogens is 9. The Bertz CT molecular complexity index is 9190. The van der Waals surface area contributed by atoms with Crippen LogP contribution in [0.1, 0.15) is 0 Å². The number of ether oxygens (including phenoxy) is 3. The molecule has 0 saturated carbocycles. The van der Waals surface area contributed by atoms with Crippen LogP contribution in [0.3, 0.4) is 0 Å². The Balaban J connectivity index is 0.000000107. The van der Waals surface area contributed by atoms with Gasteiger partial charge in [0.15, 0.2) is 17.4 Å². The molecule has 0 amide bonds. The minimum absolute atomic E-state index is 0.562. The minimum Gasteiger partial charge on any atom is -0.455 e. The first-order chi connectivity index (χ1) is 65.0. The summed E-state index contributed by atoms with van der Waals surface area (Å²) in [7, 11) is 0. The maximum Gasteiger partial charge on any atom is 0.238 e. The van der Waals surface area contributed by atoms with Gasteiger partial charge in [0, 0.05) is 98.6 Å². The Labute approximate surface area is 749 Å². The van der Waals surface area contributed by atoms with Crippen LogP contribution in [0.15, 0.2) is 431 Å². The van der Waals surface area contributed by atoms with Crippen LogP contribution in [-0.2, 0) is 0 Å². The van der Waals surface area contributed by atoms with Crippen molar-refractivity contribution in [2.45, 2.75) is 0 Å². The molecular weight excluding hydrogens is 1600 g/mol. The van der Waals surface area contributed by atoms with Crippen LogP contribution < -0.4 is 14.2 Å². The molecule has 0 atom stereocenters. The lowest BCUT2D eigenvalue weighted by Gasteiger charge is -2.22. The van der Waals surface area contributed by atoms with Crippen LogP contribution in [0.25, 0.3) is 232 Å². The maximum atomic E-state index is 7.02. The molecule has 12 heteroatoms. The van der Waals surface area contributed by atoms with Crippen molar-refractivity contribution in [3.05, 3.63) is 431 Å². The van der Waals surface area contributed by atoms with E-state index in [-0.39, 0.29) is 0 Å². The van der Waals surface area contributed by atoms with Crippen molar-refractivity contribution < 1.29 is 14.2 Å². The lowest BCUT2D eigenvalue weighted by Crippen LogP contribution is -2.06. The van der Waals surface area contributed by atoms with Crippen LogP contribution in [0.4, 0.5) is 0 Å². The second-order valence-corrected chi connectivity index (χ2v) is 33.6. The first kappa shape index (κ1) is 73.5. The Hall–Kier alpha value is -17.9. The van der Waals surface area contributed by atoms with Crippen LogP contribution >= 0.6 is 0 Å². The molecule has 20 aromatic carbocycles. The van der Waals surface area contributed by atoms with E-state index in [1.165, 1.54) is 65.4 Å². The molecule has 131 heavy (non-hydrogen) atoms. The number of nitrogens with zero attached hydrogens (tertiary/aromatic N) is 9. The summed E-state index contributed by atoms with van der Waals surface area (Å²) in [5, 5.41) is 17.1. The molecule has 12 nitrogen and oxygen atoms in total. The van der Waals surface area contributed by atoms with Gasteiger partial charge in [0.05, 0.1) is 60.6 Å². The molecule has 3 aliphatic rings. The Morgan fingerprint density at radius 1 is 0.191 bits per heavy atom. The minimum atomic E-state index is 0.562. The van der Waals surface area contributed by atoms with Crippen molar-refractivity contribution in [1.82, 2.24) is 43.2 Å². The van der Waals surface area contributed by atoms with Crippen molar-refractivity contribution in [1.29, 1.82) is 0 Å². The molecule has 9 heterocycles. The smallest absolute Gasteiger partial charge is 0.238 e. The van der Waals surface area contributed by atoms with Gasteiger partial charge in [-0.05, 0) is 165 Å². The van der Waals surface area contributed by atoms with Crippen molar-refractivity contribution in [3.63, 3.8) is 0 Å². The number of fused-ring (bicyclic) bond motifs is 22. The Kier molecular flexibility index (Phi) is 16.5. The van der Waals surface area contributed by atoms with Crippen LogP contribution in [-0.4, -0.2) is 43.2 Å². The number of rotatable bonds is 8. The molecule has 6 aromatic heterocycles. The van der Waals surface area contributed by atoms with E-state index in [1.54, 1.807) is 0 Å². The SMILES string of the molecule is c1ccc(-c2nc(-c3ccccc3)nc(-n3c4ccccc4c4c5c(ccc43)-c3cccc4cccc(c34)O5)n2)cc1.c1ccc(-c2nc(-n3c4ccc(-c5ccc6c(c5)c5ccccc5n6-c5ccccc5)cc4c4ccc5c(c43)Oc3cccc4cccc-5c34)nc3ccccc23)cc1.c1ccc(-n2c3ccccc3c3c4c(ccc32)-c2cccc3cccc(c23)O4)cc1. The molecule has 0 aliphatic carbocycles. The van der Waals surface area contributed by atoms with E-state index >= 15 is 0 Å². The largest absolute Gasteiger partial charge is 0.455 e. The van der Waals surface area contributed by atoms with E-state index in [0.717, 1.165) is 178 Å². The maximum absolute atomic E-state index is 7.02. The fourth-order valence-corrected chi connectivity index (χ4v) is 20.6. The molecule has 0 spiro atoms. The van der Waals surface area contributed by atoms with Crippen LogP contribution in [0.2, 0.25) is 0 Å². The molecule has 0 radical (unpaired) electrons. The summed E-state index contributed by atoms with van der Waals surface area (Å²) < 4.78 is 29.4. The number of hydrogen-bond acceptors (Lipinski definition) is 8. The lowest BCUT2D eigenvalue weighted by molar-refractivity contribution is 0.491. The van der Waals surface area contributed by atoms with Crippen molar-refractivity contribution in [2.75, 3.05) is 0 Å². The Morgan fingerprint density at radius 2 is 0.557 bits per heavy atom. The molecule has 0 fully saturated rings. The summed E-state index contributed by atoms with van der Waals surface area (Å²) >= 11 is 0. The van der Waals surface area contributed by atoms with Crippen LogP contribution in [0, 0.1) is 0 Å².